The first kappa shape index (κ1) is 31.4. The smallest absolute Gasteiger partial charge is 0.158 e. The molecular weight excluding hydrogens is 518 g/mol. The first-order valence-electron chi connectivity index (χ1n) is 12.0. The van der Waals surface area contributed by atoms with Crippen LogP contribution in [0.4, 0.5) is 0 Å². The predicted molar refractivity (Wildman–Crippen MR) is 117 cm³/mol. The van der Waals surface area contributed by atoms with Crippen LogP contribution in [0.1, 0.15) is 44.9 Å². The molecule has 0 aromatic rings. The molecule has 5 unspecified atom stereocenters. The van der Waals surface area contributed by atoms with Crippen molar-refractivity contribution in [1.29, 1.82) is 0 Å². The molecule has 3 aliphatic carbocycles. The summed E-state index contributed by atoms with van der Waals surface area (Å²) in [5.41, 5.74) is 0. The summed E-state index contributed by atoms with van der Waals surface area (Å²) in [4.78, 5) is 0. The van der Waals surface area contributed by atoms with Gasteiger partial charge in [0.1, 0.15) is 12.2 Å². The second-order valence-corrected chi connectivity index (χ2v) is 10.5. The van der Waals surface area contributed by atoms with Crippen molar-refractivity contribution in [2.75, 3.05) is 0 Å². The van der Waals surface area contributed by atoms with Crippen LogP contribution in [0.5, 0.6) is 0 Å². The molecule has 11 nitrogen and oxygen atoms in total. The Bertz CT molecular complexity index is 635. The van der Waals surface area contributed by atoms with Crippen LogP contribution in [0.2, 0.25) is 0 Å². The van der Waals surface area contributed by atoms with Crippen LogP contribution >= 0.6 is 0 Å². The Hall–Kier alpha value is 0.183. The summed E-state index contributed by atoms with van der Waals surface area (Å²) < 4.78 is 12.2. The van der Waals surface area contributed by atoms with Gasteiger partial charge in [0.05, 0.1) is 54.9 Å². The molecule has 0 radical (unpaired) electrons. The molecule has 202 valence electrons. The van der Waals surface area contributed by atoms with Gasteiger partial charge in [0.15, 0.2) is 6.29 Å². The summed E-state index contributed by atoms with van der Waals surface area (Å²) in [5, 5.41) is 91.5. The van der Waals surface area contributed by atoms with Gasteiger partial charge in [-0.05, 0) is 50.9 Å². The van der Waals surface area contributed by atoms with Crippen molar-refractivity contribution in [2.24, 2.45) is 17.8 Å². The number of aliphatic hydroxyl groups excluding tert-OH is 9. The molecule has 35 heavy (non-hydrogen) atoms. The van der Waals surface area contributed by atoms with Crippen LogP contribution < -0.4 is 0 Å². The van der Waals surface area contributed by atoms with E-state index >= 15 is 0 Å². The SMILES string of the molecule is OC1[C@H](O)CC([C@H](O)O[C@H]2C[C@@H]3C(C[C@H](O)C[C@@H]3O)O[C@@H]2C2C[C@@H](O)C(O)[C@@H](O)C2)C[C@@H]1O.[CH3-].[Zn]. The van der Waals surface area contributed by atoms with Gasteiger partial charge in [0, 0.05) is 31.3 Å². The average molecular weight is 559 g/mol. The Labute approximate surface area is 218 Å². The van der Waals surface area contributed by atoms with Crippen LogP contribution in [0.25, 0.3) is 0 Å². The van der Waals surface area contributed by atoms with Crippen molar-refractivity contribution in [1.82, 2.24) is 0 Å². The number of fused-ring (bicyclic) bond motifs is 1. The second-order valence-electron chi connectivity index (χ2n) is 10.5. The fraction of sp³-hybridized carbons (Fsp3) is 0.957. The zero-order valence-corrected chi connectivity index (χ0v) is 23.1. The topological polar surface area (TPSA) is 201 Å². The molecule has 0 aromatic heterocycles. The fourth-order valence-electron chi connectivity index (χ4n) is 6.24. The molecule has 1 heterocycles. The van der Waals surface area contributed by atoms with Crippen molar-refractivity contribution >= 4 is 0 Å². The Morgan fingerprint density at radius 3 is 1.71 bits per heavy atom. The minimum atomic E-state index is -1.38. The quantitative estimate of drug-likeness (QED) is 0.0996. The first-order valence-corrected chi connectivity index (χ1v) is 12.0. The normalized spacial score (nSPS) is 51.3. The molecule has 4 aliphatic rings. The maximum atomic E-state index is 10.8. The zero-order valence-electron chi connectivity index (χ0n) is 20.2. The number of ether oxygens (including phenoxy) is 2. The molecule has 0 spiro atoms. The van der Waals surface area contributed by atoms with Crippen LogP contribution in [0.3, 0.4) is 0 Å². The molecular formula is C23H41O11Zn-. The van der Waals surface area contributed by atoms with Gasteiger partial charge in [-0.2, -0.15) is 0 Å². The zero-order chi connectivity index (χ0) is 24.0. The van der Waals surface area contributed by atoms with Gasteiger partial charge >= 0.3 is 0 Å². The summed E-state index contributed by atoms with van der Waals surface area (Å²) >= 11 is 0. The third kappa shape index (κ3) is 6.80. The van der Waals surface area contributed by atoms with Crippen LogP contribution in [-0.4, -0.2) is 119 Å². The number of rotatable bonds is 4. The maximum absolute atomic E-state index is 10.8. The van der Waals surface area contributed by atoms with Crippen molar-refractivity contribution < 1.29 is 74.9 Å². The van der Waals surface area contributed by atoms with Crippen molar-refractivity contribution in [3.63, 3.8) is 0 Å². The molecule has 4 fully saturated rings. The Kier molecular flexibility index (Phi) is 11.5. The molecule has 1 aliphatic heterocycles. The van der Waals surface area contributed by atoms with Gasteiger partial charge in [-0.3, -0.25) is 0 Å². The number of aliphatic hydroxyl groups is 9. The molecule has 12 heteroatoms. The fourth-order valence-corrected chi connectivity index (χ4v) is 6.24. The van der Waals surface area contributed by atoms with E-state index < -0.39 is 85.3 Å². The molecule has 1 saturated heterocycles. The summed E-state index contributed by atoms with van der Waals surface area (Å²) in [6.07, 6.45) is -10.9. The molecule has 3 saturated carbocycles. The first-order chi connectivity index (χ1) is 15.5. The van der Waals surface area contributed by atoms with Crippen LogP contribution in [0, 0.1) is 25.2 Å². The Morgan fingerprint density at radius 2 is 1.17 bits per heavy atom. The van der Waals surface area contributed by atoms with E-state index in [1.165, 1.54) is 0 Å². The Balaban J connectivity index is 0.00000216. The van der Waals surface area contributed by atoms with Gasteiger partial charge in [-0.15, -0.1) is 0 Å². The van der Waals surface area contributed by atoms with Crippen LogP contribution in [-0.2, 0) is 29.0 Å². The van der Waals surface area contributed by atoms with E-state index in [0.717, 1.165) is 0 Å². The van der Waals surface area contributed by atoms with Crippen molar-refractivity contribution in [3.05, 3.63) is 7.43 Å². The third-order valence-corrected chi connectivity index (χ3v) is 8.13. The summed E-state index contributed by atoms with van der Waals surface area (Å²) in [6, 6.07) is 0. The predicted octanol–water partition coefficient (Wildman–Crippen LogP) is -2.59. The Morgan fingerprint density at radius 1 is 0.657 bits per heavy atom. The van der Waals surface area contributed by atoms with Gasteiger partial charge in [0.2, 0.25) is 0 Å². The third-order valence-electron chi connectivity index (χ3n) is 8.13. The molecule has 15 atom stereocenters. The monoisotopic (exact) mass is 557 g/mol. The average Bonchev–Trinajstić information content (AvgIpc) is 2.75. The molecule has 4 rings (SSSR count). The van der Waals surface area contributed by atoms with Crippen molar-refractivity contribution in [3.8, 4) is 0 Å². The van der Waals surface area contributed by atoms with Crippen LogP contribution in [0.15, 0.2) is 0 Å². The number of hydrogen-bond acceptors (Lipinski definition) is 11. The van der Waals surface area contributed by atoms with E-state index in [4.69, 9.17) is 9.47 Å². The molecule has 0 amide bonds. The summed E-state index contributed by atoms with van der Waals surface area (Å²) in [7, 11) is 0. The van der Waals surface area contributed by atoms with E-state index in [0.29, 0.717) is 12.8 Å². The largest absolute Gasteiger partial charge is 0.393 e. The van der Waals surface area contributed by atoms with Crippen molar-refractivity contribution in [2.45, 2.75) is 118 Å². The molecule has 9 N–H and O–H groups in total. The number of hydrogen-bond donors (Lipinski definition) is 9. The van der Waals surface area contributed by atoms with Gasteiger partial charge in [-0.1, -0.05) is 0 Å². The second kappa shape index (κ2) is 12.8. The van der Waals surface area contributed by atoms with E-state index in [-0.39, 0.29) is 64.9 Å². The standard InChI is InChI=1S/C22H38O11.CH3.Zn/c23-10-5-12(24)11-7-18(33-22(31)9-3-15(27)20(30)16(28)4-9)21(32-17(11)6-10)8-1-13(25)19(29)14(26)2-8;;/h8-31H,1-7H2;1H3;/q;-1;/t8?,9?,10-,11+,12+,13-,14+,15-,16+,17?,18+,19?,20?,21-,22-;;/m1../s1. The molecule has 0 aromatic carbocycles. The minimum Gasteiger partial charge on any atom is -0.393 e. The minimum absolute atomic E-state index is 0. The van der Waals surface area contributed by atoms with E-state index in [1.54, 1.807) is 0 Å². The van der Waals surface area contributed by atoms with E-state index in [1.807, 2.05) is 0 Å². The summed E-state index contributed by atoms with van der Waals surface area (Å²) in [5.74, 6) is -1.38. The van der Waals surface area contributed by atoms with E-state index in [2.05, 4.69) is 0 Å². The molecule has 0 bridgehead atoms. The van der Waals surface area contributed by atoms with E-state index in [9.17, 15) is 46.0 Å². The van der Waals surface area contributed by atoms with Gasteiger partial charge in [0.25, 0.3) is 0 Å². The maximum Gasteiger partial charge on any atom is 0.158 e. The van der Waals surface area contributed by atoms with Gasteiger partial charge in [-0.25, -0.2) is 0 Å². The van der Waals surface area contributed by atoms with Gasteiger partial charge < -0.3 is 62.9 Å². The summed E-state index contributed by atoms with van der Waals surface area (Å²) in [6.45, 7) is 0.